The van der Waals surface area contributed by atoms with Crippen molar-refractivity contribution in [1.29, 1.82) is 0 Å². The SMILES string of the molecule is CCNCC1CCN(Cc2ccc(F)c(Br)c2)CC1.Cl. The number of rotatable bonds is 5. The molecule has 0 bridgehead atoms. The van der Waals surface area contributed by atoms with E-state index in [0.717, 1.165) is 38.6 Å². The molecule has 5 heteroatoms. The van der Waals surface area contributed by atoms with Crippen LogP contribution < -0.4 is 5.32 Å². The number of piperidine rings is 1. The molecule has 1 aromatic carbocycles. The third-order valence-corrected chi connectivity index (χ3v) is 4.39. The minimum atomic E-state index is -0.187. The highest BCUT2D eigenvalue weighted by Crippen LogP contribution is 2.21. The van der Waals surface area contributed by atoms with E-state index in [1.54, 1.807) is 0 Å². The minimum absolute atomic E-state index is 0. The van der Waals surface area contributed by atoms with Crippen LogP contribution in [0.5, 0.6) is 0 Å². The Hall–Kier alpha value is -0.160. The fraction of sp³-hybridized carbons (Fsp3) is 0.600. The second-order valence-corrected chi connectivity index (χ2v) is 6.13. The molecule has 0 atom stereocenters. The average molecular weight is 366 g/mol. The number of nitrogens with one attached hydrogen (secondary N) is 1. The Morgan fingerprint density at radius 3 is 2.65 bits per heavy atom. The van der Waals surface area contributed by atoms with Gasteiger partial charge in [0, 0.05) is 6.54 Å². The molecule has 0 aromatic heterocycles. The molecular formula is C15H23BrClFN2. The summed E-state index contributed by atoms with van der Waals surface area (Å²) in [5, 5.41) is 3.43. The summed E-state index contributed by atoms with van der Waals surface area (Å²) in [6.07, 6.45) is 2.52. The molecule has 20 heavy (non-hydrogen) atoms. The van der Waals surface area contributed by atoms with Crippen molar-refractivity contribution in [2.75, 3.05) is 26.2 Å². The van der Waals surface area contributed by atoms with Crippen molar-refractivity contribution in [2.45, 2.75) is 26.3 Å². The topological polar surface area (TPSA) is 15.3 Å². The number of hydrogen-bond acceptors (Lipinski definition) is 2. The quantitative estimate of drug-likeness (QED) is 0.853. The predicted molar refractivity (Wildman–Crippen MR) is 87.9 cm³/mol. The molecule has 1 aliphatic heterocycles. The first kappa shape index (κ1) is 17.9. The molecule has 0 amide bonds. The monoisotopic (exact) mass is 364 g/mol. The smallest absolute Gasteiger partial charge is 0.137 e. The summed E-state index contributed by atoms with van der Waals surface area (Å²) in [7, 11) is 0. The summed E-state index contributed by atoms with van der Waals surface area (Å²) in [5.41, 5.74) is 1.18. The summed E-state index contributed by atoms with van der Waals surface area (Å²) in [6, 6.07) is 5.31. The maximum Gasteiger partial charge on any atom is 0.137 e. The molecule has 114 valence electrons. The summed E-state index contributed by atoms with van der Waals surface area (Å²) in [6.45, 7) is 7.57. The highest BCUT2D eigenvalue weighted by atomic mass is 79.9. The largest absolute Gasteiger partial charge is 0.317 e. The van der Waals surface area contributed by atoms with E-state index in [1.807, 2.05) is 12.1 Å². The van der Waals surface area contributed by atoms with Gasteiger partial charge in [0.05, 0.1) is 4.47 Å². The third-order valence-electron chi connectivity index (χ3n) is 3.78. The van der Waals surface area contributed by atoms with E-state index < -0.39 is 0 Å². The maximum atomic E-state index is 13.2. The molecule has 0 unspecified atom stereocenters. The van der Waals surface area contributed by atoms with Crippen LogP contribution in [0.4, 0.5) is 4.39 Å². The van der Waals surface area contributed by atoms with Gasteiger partial charge in [0.15, 0.2) is 0 Å². The van der Waals surface area contributed by atoms with Gasteiger partial charge in [-0.05, 0) is 78.6 Å². The van der Waals surface area contributed by atoms with Crippen LogP contribution >= 0.6 is 28.3 Å². The van der Waals surface area contributed by atoms with Crippen LogP contribution in [0.25, 0.3) is 0 Å². The minimum Gasteiger partial charge on any atom is -0.317 e. The van der Waals surface area contributed by atoms with Crippen molar-refractivity contribution in [1.82, 2.24) is 10.2 Å². The molecule has 1 heterocycles. The number of likely N-dealkylation sites (tertiary alicyclic amines) is 1. The number of nitrogens with zero attached hydrogens (tertiary/aromatic N) is 1. The normalized spacial score (nSPS) is 16.9. The van der Waals surface area contributed by atoms with Crippen LogP contribution in [0.2, 0.25) is 0 Å². The van der Waals surface area contributed by atoms with Crippen molar-refractivity contribution in [2.24, 2.45) is 5.92 Å². The van der Waals surface area contributed by atoms with Crippen LogP contribution in [0.15, 0.2) is 22.7 Å². The lowest BCUT2D eigenvalue weighted by Gasteiger charge is -2.32. The molecule has 2 nitrogen and oxygen atoms in total. The zero-order chi connectivity index (χ0) is 13.7. The van der Waals surface area contributed by atoms with Crippen LogP contribution in [0, 0.1) is 11.7 Å². The van der Waals surface area contributed by atoms with E-state index in [-0.39, 0.29) is 18.2 Å². The van der Waals surface area contributed by atoms with Gasteiger partial charge in [-0.1, -0.05) is 13.0 Å². The van der Waals surface area contributed by atoms with Crippen molar-refractivity contribution in [3.8, 4) is 0 Å². The van der Waals surface area contributed by atoms with Crippen molar-refractivity contribution in [3.05, 3.63) is 34.1 Å². The zero-order valence-corrected chi connectivity index (χ0v) is 14.3. The van der Waals surface area contributed by atoms with Crippen LogP contribution in [0.3, 0.4) is 0 Å². The highest BCUT2D eigenvalue weighted by Gasteiger charge is 2.18. The molecule has 0 radical (unpaired) electrons. The highest BCUT2D eigenvalue weighted by molar-refractivity contribution is 9.10. The second-order valence-electron chi connectivity index (χ2n) is 5.28. The van der Waals surface area contributed by atoms with E-state index in [0.29, 0.717) is 4.47 Å². The Morgan fingerprint density at radius 2 is 2.05 bits per heavy atom. The first-order chi connectivity index (χ1) is 9.19. The lowest BCUT2D eigenvalue weighted by Crippen LogP contribution is -2.36. The van der Waals surface area contributed by atoms with Crippen LogP contribution in [-0.4, -0.2) is 31.1 Å². The standard InChI is InChI=1S/C15H22BrFN2.ClH/c1-2-18-10-12-5-7-19(8-6-12)11-13-3-4-15(17)14(16)9-13;/h3-4,9,12,18H,2,5-8,10-11H2,1H3;1H. The Bertz CT molecular complexity index is 409. The van der Waals surface area contributed by atoms with Gasteiger partial charge in [0.25, 0.3) is 0 Å². The van der Waals surface area contributed by atoms with Gasteiger partial charge < -0.3 is 5.32 Å². The Balaban J connectivity index is 0.00000200. The van der Waals surface area contributed by atoms with Gasteiger partial charge in [-0.3, -0.25) is 4.90 Å². The zero-order valence-electron chi connectivity index (χ0n) is 11.9. The fourth-order valence-electron chi connectivity index (χ4n) is 2.59. The summed E-state index contributed by atoms with van der Waals surface area (Å²) in [4.78, 5) is 2.46. The van der Waals surface area contributed by atoms with Gasteiger partial charge in [0.1, 0.15) is 5.82 Å². The predicted octanol–water partition coefficient (Wildman–Crippen LogP) is 3.83. The number of benzene rings is 1. The Morgan fingerprint density at radius 1 is 1.35 bits per heavy atom. The Kier molecular flexibility index (Phi) is 8.03. The van der Waals surface area contributed by atoms with E-state index >= 15 is 0 Å². The van der Waals surface area contributed by atoms with E-state index in [1.165, 1.54) is 24.5 Å². The molecule has 0 saturated carbocycles. The van der Waals surface area contributed by atoms with Crippen LogP contribution in [0.1, 0.15) is 25.3 Å². The van der Waals surface area contributed by atoms with Gasteiger partial charge in [0.2, 0.25) is 0 Å². The van der Waals surface area contributed by atoms with Crippen molar-refractivity contribution < 1.29 is 4.39 Å². The summed E-state index contributed by atoms with van der Waals surface area (Å²) in [5.74, 6) is 0.629. The van der Waals surface area contributed by atoms with E-state index in [2.05, 4.69) is 33.1 Å². The average Bonchev–Trinajstić information content (AvgIpc) is 2.42. The van der Waals surface area contributed by atoms with E-state index in [9.17, 15) is 4.39 Å². The van der Waals surface area contributed by atoms with Crippen molar-refractivity contribution >= 4 is 28.3 Å². The van der Waals surface area contributed by atoms with Crippen LogP contribution in [-0.2, 0) is 6.54 Å². The lowest BCUT2D eigenvalue weighted by molar-refractivity contribution is 0.176. The van der Waals surface area contributed by atoms with Gasteiger partial charge in [-0.25, -0.2) is 4.39 Å². The molecule has 1 aliphatic rings. The summed E-state index contributed by atoms with van der Waals surface area (Å²) < 4.78 is 13.7. The molecule has 0 aliphatic carbocycles. The molecule has 0 spiro atoms. The third kappa shape index (κ3) is 5.32. The molecular weight excluding hydrogens is 343 g/mol. The maximum absolute atomic E-state index is 13.2. The lowest BCUT2D eigenvalue weighted by atomic mass is 9.96. The molecule has 1 N–H and O–H groups in total. The molecule has 1 fully saturated rings. The number of halogens is 3. The van der Waals surface area contributed by atoms with Crippen molar-refractivity contribution in [3.63, 3.8) is 0 Å². The van der Waals surface area contributed by atoms with E-state index in [4.69, 9.17) is 0 Å². The van der Waals surface area contributed by atoms with Gasteiger partial charge in [-0.2, -0.15) is 0 Å². The molecule has 2 rings (SSSR count). The van der Waals surface area contributed by atoms with Gasteiger partial charge in [-0.15, -0.1) is 12.4 Å². The molecule has 1 saturated heterocycles. The van der Waals surface area contributed by atoms with Gasteiger partial charge >= 0.3 is 0 Å². The molecule has 1 aromatic rings. The first-order valence-electron chi connectivity index (χ1n) is 7.06. The summed E-state index contributed by atoms with van der Waals surface area (Å²) >= 11 is 3.25. The number of hydrogen-bond donors (Lipinski definition) is 1. The first-order valence-corrected chi connectivity index (χ1v) is 7.85. The fourth-order valence-corrected chi connectivity index (χ4v) is 3.02. The Labute approximate surface area is 135 Å². The second kappa shape index (κ2) is 8.98.